The number of nitrogens with zero attached hydrogens (tertiary/aromatic N) is 1. The third-order valence-corrected chi connectivity index (χ3v) is 2.69. The number of anilines is 2. The standard InChI is InChI=1S/C14H18N4O2/c1-3-6-20-12-7-9(2)4-5-10(12)16-14(19)11-8-13(15)18-17-11/h4-5,7-8H,3,6H2,1-2H3,(H,16,19)(H3,15,17,18). The lowest BCUT2D eigenvalue weighted by Crippen LogP contribution is -2.13. The van der Waals surface area contributed by atoms with Crippen LogP contribution < -0.4 is 15.8 Å². The molecule has 6 nitrogen and oxygen atoms in total. The summed E-state index contributed by atoms with van der Waals surface area (Å²) < 4.78 is 5.64. The number of carbonyl (C=O) groups excluding carboxylic acids is 1. The van der Waals surface area contributed by atoms with Gasteiger partial charge in [-0.2, -0.15) is 5.10 Å². The minimum Gasteiger partial charge on any atom is -0.491 e. The third kappa shape index (κ3) is 3.28. The Morgan fingerprint density at radius 3 is 2.90 bits per heavy atom. The molecule has 0 fully saturated rings. The molecule has 6 heteroatoms. The number of nitrogens with two attached hydrogens (primary N) is 1. The Hall–Kier alpha value is -2.50. The van der Waals surface area contributed by atoms with E-state index in [1.807, 2.05) is 32.0 Å². The highest BCUT2D eigenvalue weighted by Gasteiger charge is 2.12. The van der Waals surface area contributed by atoms with Crippen molar-refractivity contribution in [1.29, 1.82) is 0 Å². The zero-order valence-electron chi connectivity index (χ0n) is 11.6. The molecule has 0 spiro atoms. The highest BCUT2D eigenvalue weighted by molar-refractivity contribution is 6.04. The van der Waals surface area contributed by atoms with Crippen LogP contribution in [0.2, 0.25) is 0 Å². The number of benzene rings is 1. The van der Waals surface area contributed by atoms with Gasteiger partial charge >= 0.3 is 0 Å². The van der Waals surface area contributed by atoms with Gasteiger partial charge in [0, 0.05) is 6.07 Å². The number of nitrogens with one attached hydrogen (secondary N) is 2. The second kappa shape index (κ2) is 6.10. The maximum Gasteiger partial charge on any atom is 0.273 e. The van der Waals surface area contributed by atoms with Gasteiger partial charge in [0.25, 0.3) is 5.91 Å². The van der Waals surface area contributed by atoms with Gasteiger partial charge in [0.15, 0.2) is 0 Å². The van der Waals surface area contributed by atoms with Crippen molar-refractivity contribution in [3.63, 3.8) is 0 Å². The molecule has 0 radical (unpaired) electrons. The van der Waals surface area contributed by atoms with Crippen molar-refractivity contribution >= 4 is 17.4 Å². The van der Waals surface area contributed by atoms with E-state index in [1.165, 1.54) is 6.07 Å². The molecule has 2 aromatic rings. The van der Waals surface area contributed by atoms with E-state index in [0.717, 1.165) is 12.0 Å². The first-order valence-electron chi connectivity index (χ1n) is 6.46. The fourth-order valence-corrected chi connectivity index (χ4v) is 1.71. The summed E-state index contributed by atoms with van der Waals surface area (Å²) in [6.45, 7) is 4.60. The molecular weight excluding hydrogens is 256 g/mol. The van der Waals surface area contributed by atoms with Crippen LogP contribution in [-0.2, 0) is 0 Å². The lowest BCUT2D eigenvalue weighted by molar-refractivity contribution is 0.102. The molecule has 20 heavy (non-hydrogen) atoms. The number of aromatic amines is 1. The number of hydrogen-bond acceptors (Lipinski definition) is 4. The predicted molar refractivity (Wildman–Crippen MR) is 77.9 cm³/mol. The number of rotatable bonds is 5. The van der Waals surface area contributed by atoms with Gasteiger partial charge in [-0.15, -0.1) is 0 Å². The summed E-state index contributed by atoms with van der Waals surface area (Å²) in [7, 11) is 0. The van der Waals surface area contributed by atoms with E-state index in [4.69, 9.17) is 10.5 Å². The minimum absolute atomic E-state index is 0.279. The second-order valence-corrected chi connectivity index (χ2v) is 4.51. The largest absolute Gasteiger partial charge is 0.491 e. The predicted octanol–water partition coefficient (Wildman–Crippen LogP) is 2.34. The van der Waals surface area contributed by atoms with Crippen LogP contribution in [0.25, 0.3) is 0 Å². The van der Waals surface area contributed by atoms with Crippen LogP contribution in [0.1, 0.15) is 29.4 Å². The van der Waals surface area contributed by atoms with Gasteiger partial charge in [-0.3, -0.25) is 9.89 Å². The fourth-order valence-electron chi connectivity index (χ4n) is 1.71. The number of ether oxygens (including phenoxy) is 1. The van der Waals surface area contributed by atoms with Gasteiger partial charge in [-0.25, -0.2) is 0 Å². The Morgan fingerprint density at radius 2 is 2.25 bits per heavy atom. The van der Waals surface area contributed by atoms with Crippen LogP contribution in [0.3, 0.4) is 0 Å². The normalized spacial score (nSPS) is 10.3. The molecule has 0 unspecified atom stereocenters. The lowest BCUT2D eigenvalue weighted by atomic mass is 10.2. The molecule has 1 amide bonds. The molecule has 0 atom stereocenters. The lowest BCUT2D eigenvalue weighted by Gasteiger charge is -2.12. The Bertz CT molecular complexity index is 607. The smallest absolute Gasteiger partial charge is 0.273 e. The minimum atomic E-state index is -0.306. The van der Waals surface area contributed by atoms with Crippen LogP contribution in [0.4, 0.5) is 11.5 Å². The molecule has 1 aromatic heterocycles. The number of nitrogen functional groups attached to an aromatic ring is 1. The van der Waals surface area contributed by atoms with Gasteiger partial charge in [-0.05, 0) is 31.0 Å². The van der Waals surface area contributed by atoms with Gasteiger partial charge in [0.2, 0.25) is 0 Å². The number of hydrogen-bond donors (Lipinski definition) is 3. The molecule has 1 heterocycles. The van der Waals surface area contributed by atoms with Crippen molar-refractivity contribution in [1.82, 2.24) is 10.2 Å². The molecule has 1 aromatic carbocycles. The van der Waals surface area contributed by atoms with Crippen molar-refractivity contribution in [2.24, 2.45) is 0 Å². The maximum atomic E-state index is 12.0. The summed E-state index contributed by atoms with van der Waals surface area (Å²) in [6, 6.07) is 7.11. The summed E-state index contributed by atoms with van der Waals surface area (Å²) in [5, 5.41) is 9.08. The Labute approximate surface area is 117 Å². The van der Waals surface area contributed by atoms with Gasteiger partial charge in [-0.1, -0.05) is 13.0 Å². The monoisotopic (exact) mass is 274 g/mol. The molecule has 0 saturated heterocycles. The topological polar surface area (TPSA) is 93.0 Å². The first kappa shape index (κ1) is 13.9. The summed E-state index contributed by atoms with van der Waals surface area (Å²) in [6.07, 6.45) is 0.901. The maximum absolute atomic E-state index is 12.0. The van der Waals surface area contributed by atoms with Crippen LogP contribution in [-0.4, -0.2) is 22.7 Å². The van der Waals surface area contributed by atoms with Crippen molar-refractivity contribution in [2.75, 3.05) is 17.7 Å². The number of amides is 1. The Morgan fingerprint density at radius 1 is 1.45 bits per heavy atom. The van der Waals surface area contributed by atoms with E-state index in [-0.39, 0.29) is 11.7 Å². The van der Waals surface area contributed by atoms with Gasteiger partial charge in [0.05, 0.1) is 12.3 Å². The average molecular weight is 274 g/mol. The van der Waals surface area contributed by atoms with E-state index >= 15 is 0 Å². The first-order valence-corrected chi connectivity index (χ1v) is 6.46. The average Bonchev–Trinajstić information content (AvgIpc) is 2.85. The zero-order chi connectivity index (χ0) is 14.5. The Kier molecular flexibility index (Phi) is 4.24. The van der Waals surface area contributed by atoms with Crippen LogP contribution in [0, 0.1) is 6.92 Å². The number of H-pyrrole nitrogens is 1. The van der Waals surface area contributed by atoms with E-state index in [9.17, 15) is 4.79 Å². The molecule has 106 valence electrons. The summed E-state index contributed by atoms with van der Waals surface area (Å²) in [5.41, 5.74) is 7.48. The van der Waals surface area contributed by atoms with Crippen LogP contribution in [0.15, 0.2) is 24.3 Å². The van der Waals surface area contributed by atoms with Crippen molar-refractivity contribution in [3.05, 3.63) is 35.5 Å². The third-order valence-electron chi connectivity index (χ3n) is 2.69. The molecule has 0 saturated carbocycles. The van der Waals surface area contributed by atoms with E-state index < -0.39 is 0 Å². The number of aryl methyl sites for hydroxylation is 1. The molecule has 0 aliphatic rings. The Balaban J connectivity index is 2.17. The van der Waals surface area contributed by atoms with Crippen LogP contribution >= 0.6 is 0 Å². The van der Waals surface area contributed by atoms with E-state index in [0.29, 0.717) is 23.7 Å². The van der Waals surface area contributed by atoms with Crippen molar-refractivity contribution in [2.45, 2.75) is 20.3 Å². The molecule has 0 bridgehead atoms. The zero-order valence-corrected chi connectivity index (χ0v) is 11.6. The summed E-state index contributed by atoms with van der Waals surface area (Å²) >= 11 is 0. The number of carbonyl (C=O) groups is 1. The fraction of sp³-hybridized carbons (Fsp3) is 0.286. The van der Waals surface area contributed by atoms with Crippen molar-refractivity contribution in [3.8, 4) is 5.75 Å². The highest BCUT2D eigenvalue weighted by Crippen LogP contribution is 2.26. The molecule has 4 N–H and O–H groups in total. The van der Waals surface area contributed by atoms with Crippen LogP contribution in [0.5, 0.6) is 5.75 Å². The summed E-state index contributed by atoms with van der Waals surface area (Å²) in [4.78, 5) is 12.0. The van der Waals surface area contributed by atoms with E-state index in [1.54, 1.807) is 0 Å². The first-order chi connectivity index (χ1) is 9.60. The quantitative estimate of drug-likeness (QED) is 0.780. The SMILES string of the molecule is CCCOc1cc(C)ccc1NC(=O)c1cc(N)n[nH]1. The van der Waals surface area contributed by atoms with Crippen molar-refractivity contribution < 1.29 is 9.53 Å². The number of aromatic nitrogens is 2. The van der Waals surface area contributed by atoms with Gasteiger partial charge in [0.1, 0.15) is 17.3 Å². The molecular formula is C14H18N4O2. The molecule has 2 rings (SSSR count). The van der Waals surface area contributed by atoms with E-state index in [2.05, 4.69) is 15.5 Å². The summed E-state index contributed by atoms with van der Waals surface area (Å²) in [5.74, 6) is 0.633. The molecule has 0 aliphatic carbocycles. The highest BCUT2D eigenvalue weighted by atomic mass is 16.5. The second-order valence-electron chi connectivity index (χ2n) is 4.51. The molecule has 0 aliphatic heterocycles. The van der Waals surface area contributed by atoms with Gasteiger partial charge < -0.3 is 15.8 Å².